The zero-order chi connectivity index (χ0) is 22.3. The van der Waals surface area contributed by atoms with E-state index in [1.54, 1.807) is 37.7 Å². The minimum atomic E-state index is -0.850. The van der Waals surface area contributed by atoms with E-state index in [-0.39, 0.29) is 11.3 Å². The van der Waals surface area contributed by atoms with E-state index < -0.39 is 23.5 Å². The third kappa shape index (κ3) is 3.76. The Hall–Kier alpha value is -3.00. The first kappa shape index (κ1) is 21.2. The van der Waals surface area contributed by atoms with E-state index in [0.717, 1.165) is 25.9 Å². The maximum absolute atomic E-state index is 14.1. The van der Waals surface area contributed by atoms with E-state index in [1.807, 2.05) is 0 Å². The first-order chi connectivity index (χ1) is 14.8. The molecule has 1 amide bonds. The van der Waals surface area contributed by atoms with Crippen LogP contribution in [0.25, 0.3) is 5.76 Å². The van der Waals surface area contributed by atoms with Gasteiger partial charge >= 0.3 is 0 Å². The number of ketones is 1. The number of aliphatic hydroxyl groups excluding tert-OH is 1. The normalized spacial score (nSPS) is 21.4. The Morgan fingerprint density at radius 1 is 1.19 bits per heavy atom. The molecule has 0 saturated carbocycles. The molecule has 3 heterocycles. The number of aromatic nitrogens is 2. The average Bonchev–Trinajstić information content (AvgIpc) is 3.40. The Labute approximate surface area is 180 Å². The second kappa shape index (κ2) is 8.26. The molecular formula is C23H27FN4O3. The van der Waals surface area contributed by atoms with Crippen LogP contribution < -0.4 is 0 Å². The molecule has 2 fully saturated rings. The molecule has 0 bridgehead atoms. The van der Waals surface area contributed by atoms with Gasteiger partial charge in [-0.2, -0.15) is 5.10 Å². The second-order valence-electron chi connectivity index (χ2n) is 8.27. The lowest BCUT2D eigenvalue weighted by atomic mass is 9.94. The Balaban J connectivity index is 1.82. The standard InChI is InChI=1S/C23H27FN4O3/c1-14-18(15(2)26(3)25-14)21(29)19-20(16-7-6-8-17(24)13-16)28(23(31)22(19)30)12-11-27-9-4-5-10-27/h6-8,13,20,29H,4-5,9-12H2,1-3H3/b21-19+. The van der Waals surface area contributed by atoms with Crippen LogP contribution in [0.4, 0.5) is 4.39 Å². The fourth-order valence-electron chi connectivity index (χ4n) is 4.64. The summed E-state index contributed by atoms with van der Waals surface area (Å²) in [5, 5.41) is 15.5. The molecule has 2 aromatic rings. The topological polar surface area (TPSA) is 78.7 Å². The van der Waals surface area contributed by atoms with Gasteiger partial charge in [0.05, 0.1) is 22.9 Å². The number of carbonyl (C=O) groups excluding carboxylic acids is 2. The van der Waals surface area contributed by atoms with Crippen LogP contribution >= 0.6 is 0 Å². The van der Waals surface area contributed by atoms with E-state index in [9.17, 15) is 19.1 Å². The molecule has 0 radical (unpaired) electrons. The van der Waals surface area contributed by atoms with Crippen molar-refractivity contribution >= 4 is 17.4 Å². The van der Waals surface area contributed by atoms with Crippen molar-refractivity contribution in [3.8, 4) is 0 Å². The van der Waals surface area contributed by atoms with Gasteiger partial charge in [0.25, 0.3) is 11.7 Å². The molecule has 1 aromatic heterocycles. The molecule has 164 valence electrons. The predicted molar refractivity (Wildman–Crippen MR) is 114 cm³/mol. The number of hydrogen-bond donors (Lipinski definition) is 1. The summed E-state index contributed by atoms with van der Waals surface area (Å²) in [6.07, 6.45) is 2.23. The minimum Gasteiger partial charge on any atom is -0.507 e. The molecule has 1 unspecified atom stereocenters. The van der Waals surface area contributed by atoms with Crippen LogP contribution in [0.15, 0.2) is 29.8 Å². The number of amides is 1. The number of carbonyl (C=O) groups is 2. The number of hydrogen-bond acceptors (Lipinski definition) is 5. The van der Waals surface area contributed by atoms with Crippen molar-refractivity contribution in [2.45, 2.75) is 32.7 Å². The van der Waals surface area contributed by atoms with Crippen LogP contribution in [0.2, 0.25) is 0 Å². The number of benzene rings is 1. The van der Waals surface area contributed by atoms with Crippen molar-refractivity contribution in [3.63, 3.8) is 0 Å². The smallest absolute Gasteiger partial charge is 0.295 e. The third-order valence-electron chi connectivity index (χ3n) is 6.31. The van der Waals surface area contributed by atoms with Gasteiger partial charge in [0.1, 0.15) is 11.6 Å². The summed E-state index contributed by atoms with van der Waals surface area (Å²) < 4.78 is 15.7. The van der Waals surface area contributed by atoms with Gasteiger partial charge in [-0.3, -0.25) is 14.3 Å². The number of nitrogens with zero attached hydrogens (tertiary/aromatic N) is 4. The van der Waals surface area contributed by atoms with Crippen LogP contribution in [0.1, 0.15) is 41.4 Å². The van der Waals surface area contributed by atoms with Crippen LogP contribution in [0.5, 0.6) is 0 Å². The van der Waals surface area contributed by atoms with Crippen molar-refractivity contribution in [1.29, 1.82) is 0 Å². The quantitative estimate of drug-likeness (QED) is 0.452. The summed E-state index contributed by atoms with van der Waals surface area (Å²) in [6, 6.07) is 5.01. The first-order valence-electron chi connectivity index (χ1n) is 10.6. The van der Waals surface area contributed by atoms with Crippen LogP contribution in [0, 0.1) is 19.7 Å². The molecule has 2 saturated heterocycles. The van der Waals surface area contributed by atoms with Crippen molar-refractivity contribution in [3.05, 3.63) is 58.2 Å². The van der Waals surface area contributed by atoms with E-state index in [4.69, 9.17) is 0 Å². The molecule has 7 nitrogen and oxygen atoms in total. The average molecular weight is 426 g/mol. The largest absolute Gasteiger partial charge is 0.507 e. The van der Waals surface area contributed by atoms with E-state index in [1.165, 1.54) is 17.0 Å². The monoisotopic (exact) mass is 426 g/mol. The van der Waals surface area contributed by atoms with Gasteiger partial charge in [-0.15, -0.1) is 0 Å². The summed E-state index contributed by atoms with van der Waals surface area (Å²) >= 11 is 0. The lowest BCUT2D eigenvalue weighted by molar-refractivity contribution is -0.140. The maximum atomic E-state index is 14.1. The van der Waals surface area contributed by atoms with E-state index in [2.05, 4.69) is 10.00 Å². The SMILES string of the molecule is Cc1nn(C)c(C)c1/C(O)=C1\C(=O)C(=O)N(CCN2CCCC2)C1c1cccc(F)c1. The second-order valence-corrected chi connectivity index (χ2v) is 8.27. The lowest BCUT2D eigenvalue weighted by Gasteiger charge is -2.27. The molecule has 1 aromatic carbocycles. The molecule has 1 N–H and O–H groups in total. The highest BCUT2D eigenvalue weighted by atomic mass is 19.1. The highest BCUT2D eigenvalue weighted by Gasteiger charge is 2.46. The fourth-order valence-corrected chi connectivity index (χ4v) is 4.64. The highest BCUT2D eigenvalue weighted by molar-refractivity contribution is 6.46. The van der Waals surface area contributed by atoms with Gasteiger partial charge in [-0.05, 0) is 57.5 Å². The third-order valence-corrected chi connectivity index (χ3v) is 6.31. The highest BCUT2D eigenvalue weighted by Crippen LogP contribution is 2.40. The Morgan fingerprint density at radius 2 is 1.90 bits per heavy atom. The molecule has 8 heteroatoms. The van der Waals surface area contributed by atoms with Gasteiger partial charge in [0.2, 0.25) is 0 Å². The number of rotatable bonds is 5. The molecular weight excluding hydrogens is 399 g/mol. The molecule has 1 atom stereocenters. The van der Waals surface area contributed by atoms with Gasteiger partial charge in [-0.25, -0.2) is 4.39 Å². The van der Waals surface area contributed by atoms with Crippen molar-refractivity contribution in [2.24, 2.45) is 7.05 Å². The Morgan fingerprint density at radius 3 is 2.52 bits per heavy atom. The number of aryl methyl sites for hydroxylation is 2. The number of halogens is 1. The Kier molecular flexibility index (Phi) is 5.66. The first-order valence-corrected chi connectivity index (χ1v) is 10.6. The minimum absolute atomic E-state index is 0.0174. The molecule has 0 aliphatic carbocycles. The van der Waals surface area contributed by atoms with E-state index >= 15 is 0 Å². The summed E-state index contributed by atoms with van der Waals surface area (Å²) in [5.41, 5.74) is 2.11. The zero-order valence-corrected chi connectivity index (χ0v) is 18.1. The van der Waals surface area contributed by atoms with Gasteiger partial charge in [0, 0.05) is 25.8 Å². The molecule has 2 aliphatic rings. The molecule has 2 aliphatic heterocycles. The summed E-state index contributed by atoms with van der Waals surface area (Å²) in [7, 11) is 1.75. The number of likely N-dealkylation sites (tertiary alicyclic amines) is 2. The van der Waals surface area contributed by atoms with Gasteiger partial charge in [0.15, 0.2) is 0 Å². The molecule has 4 rings (SSSR count). The number of aliphatic hydroxyl groups is 1. The Bertz CT molecular complexity index is 1070. The zero-order valence-electron chi connectivity index (χ0n) is 18.1. The summed E-state index contributed by atoms with van der Waals surface area (Å²) in [6.45, 7) is 6.40. The number of Topliss-reactive ketones (excluding diaryl/α,β-unsaturated/α-hetero) is 1. The molecule has 0 spiro atoms. The van der Waals surface area contributed by atoms with E-state index in [0.29, 0.717) is 35.6 Å². The maximum Gasteiger partial charge on any atom is 0.295 e. The lowest BCUT2D eigenvalue weighted by Crippen LogP contribution is -2.37. The predicted octanol–water partition coefficient (Wildman–Crippen LogP) is 2.69. The fraction of sp³-hybridized carbons (Fsp3) is 0.435. The van der Waals surface area contributed by atoms with Gasteiger partial charge < -0.3 is 14.9 Å². The van der Waals surface area contributed by atoms with Crippen LogP contribution in [0.3, 0.4) is 0 Å². The molecule has 31 heavy (non-hydrogen) atoms. The van der Waals surface area contributed by atoms with Crippen molar-refractivity contribution in [1.82, 2.24) is 19.6 Å². The van der Waals surface area contributed by atoms with Crippen molar-refractivity contribution in [2.75, 3.05) is 26.2 Å². The van der Waals surface area contributed by atoms with Gasteiger partial charge in [-0.1, -0.05) is 12.1 Å². The summed E-state index contributed by atoms with van der Waals surface area (Å²) in [5.74, 6) is -2.15. The van der Waals surface area contributed by atoms with Crippen LogP contribution in [-0.2, 0) is 16.6 Å². The summed E-state index contributed by atoms with van der Waals surface area (Å²) in [4.78, 5) is 29.8. The van der Waals surface area contributed by atoms with Crippen LogP contribution in [-0.4, -0.2) is 62.6 Å². The van der Waals surface area contributed by atoms with Crippen molar-refractivity contribution < 1.29 is 19.1 Å².